The van der Waals surface area contributed by atoms with E-state index in [2.05, 4.69) is 37.5 Å². The molecule has 0 fully saturated rings. The lowest BCUT2D eigenvalue weighted by molar-refractivity contribution is 0.476. The Balaban J connectivity index is 2.11. The number of rotatable bonds is 3. The van der Waals surface area contributed by atoms with Crippen LogP contribution in [0.5, 0.6) is 0 Å². The van der Waals surface area contributed by atoms with Crippen LogP contribution in [0.4, 0.5) is 0 Å². The minimum absolute atomic E-state index is 0.184. The van der Waals surface area contributed by atoms with E-state index in [-0.39, 0.29) is 6.04 Å². The number of nitrogens with two attached hydrogens (primary N) is 1. The van der Waals surface area contributed by atoms with Crippen LogP contribution in [0.15, 0.2) is 46.9 Å². The lowest BCUT2D eigenvalue weighted by Crippen LogP contribution is -2.29. The van der Waals surface area contributed by atoms with E-state index in [4.69, 9.17) is 21.9 Å². The molecule has 3 rings (SSSR count). The zero-order valence-electron chi connectivity index (χ0n) is 12.0. The van der Waals surface area contributed by atoms with E-state index in [0.29, 0.717) is 5.02 Å². The van der Waals surface area contributed by atoms with Crippen molar-refractivity contribution < 1.29 is 4.42 Å². The third-order valence-corrected chi connectivity index (χ3v) is 3.93. The quantitative estimate of drug-likeness (QED) is 0.561. The molecule has 4 heteroatoms. The van der Waals surface area contributed by atoms with Crippen molar-refractivity contribution >= 4 is 22.6 Å². The van der Waals surface area contributed by atoms with Crippen LogP contribution in [-0.4, -0.2) is 0 Å². The van der Waals surface area contributed by atoms with Gasteiger partial charge in [0, 0.05) is 10.4 Å². The van der Waals surface area contributed by atoms with Crippen LogP contribution in [0.1, 0.15) is 28.5 Å². The predicted molar refractivity (Wildman–Crippen MR) is 86.3 cm³/mol. The molecular formula is C17H17ClN2O. The fourth-order valence-corrected chi connectivity index (χ4v) is 2.75. The Bertz CT molecular complexity index is 795. The van der Waals surface area contributed by atoms with Crippen LogP contribution in [0.25, 0.3) is 11.0 Å². The van der Waals surface area contributed by atoms with Gasteiger partial charge in [-0.05, 0) is 49.2 Å². The van der Waals surface area contributed by atoms with Gasteiger partial charge in [0.05, 0.1) is 0 Å². The van der Waals surface area contributed by atoms with Crippen molar-refractivity contribution in [3.05, 3.63) is 69.9 Å². The summed E-state index contributed by atoms with van der Waals surface area (Å²) >= 11 is 6.02. The van der Waals surface area contributed by atoms with Gasteiger partial charge >= 0.3 is 0 Å². The van der Waals surface area contributed by atoms with Gasteiger partial charge in [-0.3, -0.25) is 5.84 Å². The Labute approximate surface area is 128 Å². The fourth-order valence-electron chi connectivity index (χ4n) is 2.57. The first kappa shape index (κ1) is 14.1. The number of aryl methyl sites for hydroxylation is 2. The van der Waals surface area contributed by atoms with Gasteiger partial charge in [0.1, 0.15) is 17.4 Å². The maximum absolute atomic E-state index is 6.02. The third-order valence-electron chi connectivity index (χ3n) is 3.69. The first-order chi connectivity index (χ1) is 10.1. The maximum atomic E-state index is 6.02. The smallest absolute Gasteiger partial charge is 0.134 e. The molecule has 1 atom stereocenters. The van der Waals surface area contributed by atoms with Crippen LogP contribution in [0.3, 0.4) is 0 Å². The molecule has 0 bridgehead atoms. The van der Waals surface area contributed by atoms with Gasteiger partial charge in [0.15, 0.2) is 0 Å². The Morgan fingerprint density at radius 1 is 1.10 bits per heavy atom. The Kier molecular flexibility index (Phi) is 3.72. The van der Waals surface area contributed by atoms with Crippen molar-refractivity contribution in [1.29, 1.82) is 0 Å². The van der Waals surface area contributed by atoms with Crippen molar-refractivity contribution in [1.82, 2.24) is 5.43 Å². The van der Waals surface area contributed by atoms with E-state index in [1.54, 1.807) is 0 Å². The zero-order chi connectivity index (χ0) is 15.0. The predicted octanol–water partition coefficient (Wildman–Crippen LogP) is 4.26. The first-order valence-electron chi connectivity index (χ1n) is 6.81. The van der Waals surface area contributed by atoms with Crippen LogP contribution >= 0.6 is 11.6 Å². The normalized spacial score (nSPS) is 12.8. The molecule has 1 aromatic heterocycles. The van der Waals surface area contributed by atoms with Crippen LogP contribution in [0.2, 0.25) is 5.02 Å². The molecule has 0 saturated carbocycles. The molecule has 0 amide bonds. The molecule has 0 radical (unpaired) electrons. The molecule has 2 aromatic carbocycles. The monoisotopic (exact) mass is 300 g/mol. The summed E-state index contributed by atoms with van der Waals surface area (Å²) in [5.41, 5.74) is 7.13. The van der Waals surface area contributed by atoms with E-state index >= 15 is 0 Å². The molecule has 3 aromatic rings. The average molecular weight is 301 g/mol. The highest BCUT2D eigenvalue weighted by molar-refractivity contribution is 6.31. The van der Waals surface area contributed by atoms with Crippen LogP contribution < -0.4 is 11.3 Å². The molecule has 1 unspecified atom stereocenters. The van der Waals surface area contributed by atoms with Crippen molar-refractivity contribution in [2.45, 2.75) is 19.9 Å². The van der Waals surface area contributed by atoms with Gasteiger partial charge in [-0.1, -0.05) is 35.4 Å². The summed E-state index contributed by atoms with van der Waals surface area (Å²) in [6.45, 7) is 4.13. The van der Waals surface area contributed by atoms with Crippen molar-refractivity contribution in [2.24, 2.45) is 5.84 Å². The summed E-state index contributed by atoms with van der Waals surface area (Å²) < 4.78 is 5.92. The van der Waals surface area contributed by atoms with Gasteiger partial charge in [-0.2, -0.15) is 0 Å². The fraction of sp³-hybridized carbons (Fsp3) is 0.176. The summed E-state index contributed by atoms with van der Waals surface area (Å²) in [4.78, 5) is 0. The highest BCUT2D eigenvalue weighted by Crippen LogP contribution is 2.31. The van der Waals surface area contributed by atoms with Crippen LogP contribution in [0, 0.1) is 13.8 Å². The Hall–Kier alpha value is -1.81. The Morgan fingerprint density at radius 3 is 2.67 bits per heavy atom. The number of furan rings is 1. The second kappa shape index (κ2) is 5.53. The van der Waals surface area contributed by atoms with E-state index < -0.39 is 0 Å². The highest BCUT2D eigenvalue weighted by atomic mass is 35.5. The lowest BCUT2D eigenvalue weighted by atomic mass is 9.97. The maximum Gasteiger partial charge on any atom is 0.134 e. The minimum atomic E-state index is -0.184. The molecule has 108 valence electrons. The molecule has 21 heavy (non-hydrogen) atoms. The number of benzene rings is 2. The van der Waals surface area contributed by atoms with E-state index in [9.17, 15) is 0 Å². The summed E-state index contributed by atoms with van der Waals surface area (Å²) in [5.74, 6) is 6.55. The van der Waals surface area contributed by atoms with E-state index in [1.165, 1.54) is 11.1 Å². The number of fused-ring (bicyclic) bond motifs is 1. The number of hydrazine groups is 1. The van der Waals surface area contributed by atoms with Gasteiger partial charge in [-0.25, -0.2) is 5.43 Å². The third kappa shape index (κ3) is 2.68. The SMILES string of the molecule is Cc1ccc(C)c(C(NN)c2cc3cc(Cl)ccc3o2)c1. The van der Waals surface area contributed by atoms with Gasteiger partial charge in [0.2, 0.25) is 0 Å². The summed E-state index contributed by atoms with van der Waals surface area (Å²) in [6.07, 6.45) is 0. The second-order valence-electron chi connectivity index (χ2n) is 5.29. The molecule has 0 spiro atoms. The van der Waals surface area contributed by atoms with E-state index in [1.807, 2.05) is 24.3 Å². The van der Waals surface area contributed by atoms with E-state index in [0.717, 1.165) is 22.3 Å². The lowest BCUT2D eigenvalue weighted by Gasteiger charge is -2.17. The van der Waals surface area contributed by atoms with Gasteiger partial charge in [-0.15, -0.1) is 0 Å². The van der Waals surface area contributed by atoms with Crippen LogP contribution in [-0.2, 0) is 0 Å². The molecular weight excluding hydrogens is 284 g/mol. The molecule has 3 N–H and O–H groups in total. The van der Waals surface area contributed by atoms with Crippen molar-refractivity contribution in [3.63, 3.8) is 0 Å². The number of halogens is 1. The highest BCUT2D eigenvalue weighted by Gasteiger charge is 2.19. The molecule has 3 nitrogen and oxygen atoms in total. The Morgan fingerprint density at radius 2 is 1.90 bits per heavy atom. The summed E-state index contributed by atoms with van der Waals surface area (Å²) in [6, 6.07) is 13.7. The summed E-state index contributed by atoms with van der Waals surface area (Å²) in [7, 11) is 0. The largest absolute Gasteiger partial charge is 0.459 e. The number of nitrogens with one attached hydrogen (secondary N) is 1. The summed E-state index contributed by atoms with van der Waals surface area (Å²) in [5, 5.41) is 1.67. The van der Waals surface area contributed by atoms with Gasteiger partial charge < -0.3 is 4.42 Å². The van der Waals surface area contributed by atoms with Gasteiger partial charge in [0.25, 0.3) is 0 Å². The standard InChI is InChI=1S/C17H17ClN2O/c1-10-3-4-11(2)14(7-10)17(20-19)16-9-12-8-13(18)5-6-15(12)21-16/h3-9,17,20H,19H2,1-2H3. The van der Waals surface area contributed by atoms with Crippen molar-refractivity contribution in [3.8, 4) is 0 Å². The molecule has 0 saturated heterocycles. The average Bonchev–Trinajstić information content (AvgIpc) is 2.86. The number of hydrogen-bond donors (Lipinski definition) is 2. The first-order valence-corrected chi connectivity index (χ1v) is 7.18. The molecule has 0 aliphatic carbocycles. The molecule has 1 heterocycles. The minimum Gasteiger partial charge on any atom is -0.459 e. The second-order valence-corrected chi connectivity index (χ2v) is 5.73. The molecule has 0 aliphatic heterocycles. The number of hydrogen-bond acceptors (Lipinski definition) is 3. The topological polar surface area (TPSA) is 51.2 Å². The van der Waals surface area contributed by atoms with Crippen molar-refractivity contribution in [2.75, 3.05) is 0 Å². The molecule has 0 aliphatic rings. The zero-order valence-corrected chi connectivity index (χ0v) is 12.7.